The maximum Gasteiger partial charge on any atom is 0.359 e. The minimum Gasteiger partial charge on any atom is -0.494 e. The summed E-state index contributed by atoms with van der Waals surface area (Å²) in [4.78, 5) is 14.0. The van der Waals surface area contributed by atoms with E-state index in [2.05, 4.69) is 25.6 Å². The molecule has 1 unspecified atom stereocenters. The van der Waals surface area contributed by atoms with Crippen molar-refractivity contribution in [2.24, 2.45) is 0 Å². The van der Waals surface area contributed by atoms with Crippen LogP contribution < -0.4 is 25.3 Å². The van der Waals surface area contributed by atoms with Crippen LogP contribution in [-0.2, 0) is 4.74 Å². The number of nitrogens with one attached hydrogen (secondary N) is 4. The maximum absolute atomic E-state index is 5.72. The van der Waals surface area contributed by atoms with Crippen LogP contribution in [0.4, 0.5) is 5.95 Å². The van der Waals surface area contributed by atoms with E-state index in [1.807, 2.05) is 25.1 Å². The van der Waals surface area contributed by atoms with Crippen molar-refractivity contribution in [1.82, 2.24) is 15.3 Å². The first-order valence-electron chi connectivity index (χ1n) is 9.11. The monoisotopic (exact) mass is 358 g/mol. The van der Waals surface area contributed by atoms with E-state index in [9.17, 15) is 0 Å². The van der Waals surface area contributed by atoms with Gasteiger partial charge < -0.3 is 9.47 Å². The number of hydrogen-bond donors (Lipinski definition) is 4. The standard InChI is InChI=1S/C18H24N6O2/c1-12-14-6-3-7-15(25-2)16(14)22-18(21-12)23-17-19-10-24(11-20-17)9-13-5-4-8-26-13/h3,6-7,13H,4-5,8-11H2,1-2H3,(H2,19,20,21,22,23)/p+2/t13-/m1/s1. The molecule has 0 spiro atoms. The number of para-hydroxylation sites is 1. The number of anilines is 1. The first-order valence-corrected chi connectivity index (χ1v) is 9.11. The second kappa shape index (κ2) is 7.43. The van der Waals surface area contributed by atoms with Gasteiger partial charge in [-0.15, -0.1) is 0 Å². The highest BCUT2D eigenvalue weighted by atomic mass is 16.5. The molecule has 1 aromatic heterocycles. The average Bonchev–Trinajstić information content (AvgIpc) is 3.16. The van der Waals surface area contributed by atoms with E-state index < -0.39 is 0 Å². The van der Waals surface area contributed by atoms with Crippen LogP contribution >= 0.6 is 0 Å². The number of methoxy groups -OCH3 is 1. The first-order chi connectivity index (χ1) is 12.7. The van der Waals surface area contributed by atoms with E-state index >= 15 is 0 Å². The highest BCUT2D eigenvalue weighted by Crippen LogP contribution is 2.25. The Morgan fingerprint density at radius 3 is 3.08 bits per heavy atom. The van der Waals surface area contributed by atoms with Crippen molar-refractivity contribution in [1.29, 1.82) is 0 Å². The van der Waals surface area contributed by atoms with Gasteiger partial charge in [0.15, 0.2) is 13.3 Å². The molecule has 26 heavy (non-hydrogen) atoms. The van der Waals surface area contributed by atoms with Crippen molar-refractivity contribution in [3.63, 3.8) is 0 Å². The lowest BCUT2D eigenvalue weighted by atomic mass is 10.2. The Kier molecular flexibility index (Phi) is 4.85. The van der Waals surface area contributed by atoms with Gasteiger partial charge in [0.05, 0.1) is 12.8 Å². The molecule has 4 rings (SSSR count). The van der Waals surface area contributed by atoms with Gasteiger partial charge in [-0.25, -0.2) is 20.6 Å². The van der Waals surface area contributed by atoms with Gasteiger partial charge in [0.2, 0.25) is 0 Å². The number of rotatable bonds is 4. The zero-order valence-corrected chi connectivity index (χ0v) is 15.3. The van der Waals surface area contributed by atoms with Crippen LogP contribution in [0.5, 0.6) is 5.75 Å². The van der Waals surface area contributed by atoms with E-state index in [1.165, 1.54) is 17.7 Å². The molecule has 8 nitrogen and oxygen atoms in total. The van der Waals surface area contributed by atoms with Crippen LogP contribution in [0, 0.1) is 6.92 Å². The number of guanidine groups is 1. The van der Waals surface area contributed by atoms with Crippen LogP contribution in [0.25, 0.3) is 10.9 Å². The molecule has 8 heteroatoms. The zero-order valence-electron chi connectivity index (χ0n) is 15.3. The average molecular weight is 358 g/mol. The Balaban J connectivity index is 1.46. The van der Waals surface area contributed by atoms with Crippen molar-refractivity contribution < 1.29 is 19.4 Å². The van der Waals surface area contributed by atoms with Gasteiger partial charge in [-0.1, -0.05) is 12.1 Å². The summed E-state index contributed by atoms with van der Waals surface area (Å²) in [6.45, 7) is 5.58. The number of aryl methyl sites for hydroxylation is 1. The molecular formula is C18H26N6O2+2. The lowest BCUT2D eigenvalue weighted by Gasteiger charge is -2.22. The molecule has 2 aromatic rings. The molecular weight excluding hydrogens is 332 g/mol. The van der Waals surface area contributed by atoms with Crippen molar-refractivity contribution >= 4 is 22.8 Å². The summed E-state index contributed by atoms with van der Waals surface area (Å²) in [6, 6.07) is 5.87. The molecule has 0 aliphatic carbocycles. The summed E-state index contributed by atoms with van der Waals surface area (Å²) in [5.41, 5.74) is 1.73. The molecule has 2 aliphatic rings. The SMILES string of the molecule is COc1cccc2c(C)nc(NC3=[NH+]C[NH+](C[C@H]4CCCO4)CN3)nc12. The Bertz CT molecular complexity index is 819. The molecule has 0 amide bonds. The minimum absolute atomic E-state index is 0.391. The van der Waals surface area contributed by atoms with Crippen LogP contribution in [0.15, 0.2) is 18.2 Å². The van der Waals surface area contributed by atoms with Crippen LogP contribution in [0.2, 0.25) is 0 Å². The predicted molar refractivity (Wildman–Crippen MR) is 98.1 cm³/mol. The van der Waals surface area contributed by atoms with E-state index in [0.717, 1.165) is 54.8 Å². The third kappa shape index (κ3) is 3.56. The van der Waals surface area contributed by atoms with Crippen LogP contribution in [-0.4, -0.2) is 55.6 Å². The Hall–Kier alpha value is -2.45. The summed E-state index contributed by atoms with van der Waals surface area (Å²) in [7, 11) is 1.66. The second-order valence-electron chi connectivity index (χ2n) is 6.79. The molecule has 138 valence electrons. The van der Waals surface area contributed by atoms with Gasteiger partial charge >= 0.3 is 5.96 Å². The fraction of sp³-hybridized carbons (Fsp3) is 0.500. The fourth-order valence-electron chi connectivity index (χ4n) is 3.52. The lowest BCUT2D eigenvalue weighted by Crippen LogP contribution is -3.24. The van der Waals surface area contributed by atoms with Gasteiger partial charge in [0.25, 0.3) is 5.95 Å². The fourth-order valence-corrected chi connectivity index (χ4v) is 3.52. The van der Waals surface area contributed by atoms with E-state index in [-0.39, 0.29) is 0 Å². The van der Waals surface area contributed by atoms with Crippen LogP contribution in [0.1, 0.15) is 18.5 Å². The summed E-state index contributed by atoms with van der Waals surface area (Å²) in [5.74, 6) is 2.13. The number of quaternary nitrogens is 1. The minimum atomic E-state index is 0.391. The maximum atomic E-state index is 5.72. The largest absolute Gasteiger partial charge is 0.494 e. The molecule has 1 saturated heterocycles. The van der Waals surface area contributed by atoms with Crippen LogP contribution in [0.3, 0.4) is 0 Å². The van der Waals surface area contributed by atoms with E-state index in [0.29, 0.717) is 12.1 Å². The summed E-state index contributed by atoms with van der Waals surface area (Å²) >= 11 is 0. The van der Waals surface area contributed by atoms with Crippen molar-refractivity contribution in [3.8, 4) is 5.75 Å². The highest BCUT2D eigenvalue weighted by Gasteiger charge is 2.26. The number of ether oxygens (including phenoxy) is 2. The summed E-state index contributed by atoms with van der Waals surface area (Å²) in [6.07, 6.45) is 2.74. The summed E-state index contributed by atoms with van der Waals surface area (Å²) in [5, 5.41) is 7.63. The topological polar surface area (TPSA) is 86.7 Å². The quantitative estimate of drug-likeness (QED) is 0.526. The smallest absolute Gasteiger partial charge is 0.359 e. The Labute approximate surface area is 152 Å². The van der Waals surface area contributed by atoms with Gasteiger partial charge in [0.1, 0.15) is 23.9 Å². The lowest BCUT2D eigenvalue weighted by molar-refractivity contribution is -0.982. The number of benzene rings is 1. The number of nitrogens with zero attached hydrogens (tertiary/aromatic N) is 2. The molecule has 1 fully saturated rings. The van der Waals surface area contributed by atoms with E-state index in [1.54, 1.807) is 7.11 Å². The van der Waals surface area contributed by atoms with Gasteiger partial charge in [0, 0.05) is 12.0 Å². The third-order valence-corrected chi connectivity index (χ3v) is 4.91. The van der Waals surface area contributed by atoms with Crippen molar-refractivity contribution in [2.45, 2.75) is 25.9 Å². The Morgan fingerprint density at radius 1 is 1.42 bits per heavy atom. The molecule has 3 heterocycles. The summed E-state index contributed by atoms with van der Waals surface area (Å²) < 4.78 is 11.2. The van der Waals surface area contributed by atoms with Gasteiger partial charge in [-0.05, 0) is 25.8 Å². The number of hydrogen-bond acceptors (Lipinski definition) is 6. The third-order valence-electron chi connectivity index (χ3n) is 4.91. The highest BCUT2D eigenvalue weighted by molar-refractivity contribution is 5.91. The predicted octanol–water partition coefficient (Wildman–Crippen LogP) is -1.62. The molecule has 0 radical (unpaired) electrons. The zero-order chi connectivity index (χ0) is 17.9. The normalized spacial score (nSPS) is 22.8. The molecule has 1 aromatic carbocycles. The molecule has 0 saturated carbocycles. The number of fused-ring (bicyclic) bond motifs is 1. The molecule has 2 atom stereocenters. The Morgan fingerprint density at radius 2 is 2.35 bits per heavy atom. The van der Waals surface area contributed by atoms with Crippen molar-refractivity contribution in [2.75, 3.05) is 38.9 Å². The van der Waals surface area contributed by atoms with E-state index in [4.69, 9.17) is 9.47 Å². The van der Waals surface area contributed by atoms with Gasteiger partial charge in [-0.3, -0.25) is 4.90 Å². The molecule has 2 aliphatic heterocycles. The first kappa shape index (κ1) is 17.0. The van der Waals surface area contributed by atoms with Gasteiger partial charge in [-0.2, -0.15) is 4.98 Å². The second-order valence-corrected chi connectivity index (χ2v) is 6.79. The van der Waals surface area contributed by atoms with Crippen molar-refractivity contribution in [3.05, 3.63) is 23.9 Å². The molecule has 4 N–H and O–H groups in total. The number of aromatic nitrogens is 2. The molecule has 0 bridgehead atoms.